The van der Waals surface area contributed by atoms with E-state index in [-0.39, 0.29) is 12.1 Å². The third-order valence-electron chi connectivity index (χ3n) is 5.85. The Labute approximate surface area is 123 Å². The predicted octanol–water partition coefficient (Wildman–Crippen LogP) is 2.97. The van der Waals surface area contributed by atoms with Gasteiger partial charge in [-0.1, -0.05) is 0 Å². The minimum absolute atomic E-state index is 0.231. The van der Waals surface area contributed by atoms with Crippen LogP contribution in [0.2, 0.25) is 0 Å². The molecular weight excluding hydrogens is 250 g/mol. The van der Waals surface area contributed by atoms with Crippen molar-refractivity contribution in [3.8, 4) is 0 Å². The molecule has 0 aromatic heterocycles. The SMILES string of the molecule is CC(C)OCCOCC(N)C12CC3CC(CC(C3)C1)C2. The summed E-state index contributed by atoms with van der Waals surface area (Å²) in [6, 6.07) is 0.231. The van der Waals surface area contributed by atoms with E-state index in [4.69, 9.17) is 15.2 Å². The van der Waals surface area contributed by atoms with Crippen molar-refractivity contribution in [1.29, 1.82) is 0 Å². The first kappa shape index (κ1) is 14.8. The van der Waals surface area contributed by atoms with Gasteiger partial charge in [-0.3, -0.25) is 0 Å². The van der Waals surface area contributed by atoms with Crippen molar-refractivity contribution >= 4 is 0 Å². The van der Waals surface area contributed by atoms with Crippen LogP contribution in [0.25, 0.3) is 0 Å². The van der Waals surface area contributed by atoms with Crippen molar-refractivity contribution in [3.63, 3.8) is 0 Å². The zero-order chi connectivity index (χ0) is 14.2. The van der Waals surface area contributed by atoms with Crippen molar-refractivity contribution in [2.45, 2.75) is 64.5 Å². The van der Waals surface area contributed by atoms with Crippen molar-refractivity contribution in [3.05, 3.63) is 0 Å². The maximum atomic E-state index is 6.55. The molecule has 4 aliphatic carbocycles. The highest BCUT2D eigenvalue weighted by Gasteiger charge is 2.53. The van der Waals surface area contributed by atoms with Crippen LogP contribution in [0.15, 0.2) is 0 Å². The van der Waals surface area contributed by atoms with Crippen LogP contribution in [0.3, 0.4) is 0 Å². The molecular formula is C17H31NO2. The van der Waals surface area contributed by atoms with Crippen LogP contribution < -0.4 is 5.73 Å². The first-order valence-corrected chi connectivity index (χ1v) is 8.52. The maximum absolute atomic E-state index is 6.55. The molecule has 0 aromatic rings. The fourth-order valence-electron chi connectivity index (χ4n) is 5.36. The van der Waals surface area contributed by atoms with E-state index in [1.54, 1.807) is 0 Å². The Balaban J connectivity index is 1.46. The largest absolute Gasteiger partial charge is 0.377 e. The van der Waals surface area contributed by atoms with Gasteiger partial charge in [0.25, 0.3) is 0 Å². The van der Waals surface area contributed by atoms with Gasteiger partial charge < -0.3 is 15.2 Å². The highest BCUT2D eigenvalue weighted by atomic mass is 16.5. The minimum atomic E-state index is 0.231. The Morgan fingerprint density at radius 1 is 1.00 bits per heavy atom. The average molecular weight is 281 g/mol. The number of hydrogen-bond donors (Lipinski definition) is 1. The van der Waals surface area contributed by atoms with Crippen LogP contribution in [0.4, 0.5) is 0 Å². The number of rotatable bonds is 7. The third-order valence-corrected chi connectivity index (χ3v) is 5.85. The van der Waals surface area contributed by atoms with Crippen LogP contribution in [-0.4, -0.2) is 32.0 Å². The normalized spacial score (nSPS) is 40.5. The van der Waals surface area contributed by atoms with E-state index in [1.807, 2.05) is 0 Å². The fraction of sp³-hybridized carbons (Fsp3) is 1.00. The third kappa shape index (κ3) is 3.05. The van der Waals surface area contributed by atoms with Crippen LogP contribution in [0.5, 0.6) is 0 Å². The van der Waals surface area contributed by atoms with Gasteiger partial charge in [-0.05, 0) is 75.5 Å². The monoisotopic (exact) mass is 281 g/mol. The molecule has 4 fully saturated rings. The second-order valence-corrected chi connectivity index (χ2v) is 7.88. The van der Waals surface area contributed by atoms with Crippen molar-refractivity contribution < 1.29 is 9.47 Å². The molecule has 3 nitrogen and oxygen atoms in total. The van der Waals surface area contributed by atoms with Crippen LogP contribution in [-0.2, 0) is 9.47 Å². The lowest BCUT2D eigenvalue weighted by Gasteiger charge is -2.58. The second-order valence-electron chi connectivity index (χ2n) is 7.88. The molecule has 0 heterocycles. The molecule has 4 rings (SSSR count). The Morgan fingerprint density at radius 3 is 2.05 bits per heavy atom. The number of ether oxygens (including phenoxy) is 2. The summed E-state index contributed by atoms with van der Waals surface area (Å²) in [5.74, 6) is 2.91. The van der Waals surface area contributed by atoms with E-state index >= 15 is 0 Å². The summed E-state index contributed by atoms with van der Waals surface area (Å²) < 4.78 is 11.3. The molecule has 1 unspecified atom stereocenters. The molecule has 0 radical (unpaired) electrons. The summed E-state index contributed by atoms with van der Waals surface area (Å²) >= 11 is 0. The molecule has 3 heteroatoms. The second kappa shape index (κ2) is 5.94. The molecule has 1 atom stereocenters. The Hall–Kier alpha value is -0.120. The summed E-state index contributed by atoms with van der Waals surface area (Å²) in [4.78, 5) is 0. The fourth-order valence-corrected chi connectivity index (χ4v) is 5.36. The molecule has 4 saturated carbocycles. The van der Waals surface area contributed by atoms with E-state index in [0.717, 1.165) is 17.8 Å². The van der Waals surface area contributed by atoms with E-state index in [9.17, 15) is 0 Å². The smallest absolute Gasteiger partial charge is 0.0703 e. The average Bonchev–Trinajstić information content (AvgIpc) is 2.36. The van der Waals surface area contributed by atoms with E-state index in [2.05, 4.69) is 13.8 Å². The quantitative estimate of drug-likeness (QED) is 0.730. The summed E-state index contributed by atoms with van der Waals surface area (Å²) in [6.45, 7) is 6.19. The van der Waals surface area contributed by atoms with Gasteiger partial charge in [0, 0.05) is 6.04 Å². The van der Waals surface area contributed by atoms with Crippen molar-refractivity contribution in [2.24, 2.45) is 28.9 Å². The van der Waals surface area contributed by atoms with Crippen LogP contribution in [0.1, 0.15) is 52.4 Å². The van der Waals surface area contributed by atoms with Gasteiger partial charge in [0.1, 0.15) is 0 Å². The van der Waals surface area contributed by atoms with Gasteiger partial charge in [0.15, 0.2) is 0 Å². The Kier molecular flexibility index (Phi) is 4.40. The molecule has 0 aliphatic heterocycles. The molecule has 20 heavy (non-hydrogen) atoms. The zero-order valence-corrected chi connectivity index (χ0v) is 13.1. The maximum Gasteiger partial charge on any atom is 0.0703 e. The number of nitrogens with two attached hydrogens (primary N) is 1. The first-order valence-electron chi connectivity index (χ1n) is 8.52. The van der Waals surface area contributed by atoms with Gasteiger partial charge in [0.05, 0.1) is 25.9 Å². The molecule has 4 aliphatic rings. The van der Waals surface area contributed by atoms with Crippen molar-refractivity contribution in [2.75, 3.05) is 19.8 Å². The Morgan fingerprint density at radius 2 is 1.55 bits per heavy atom. The molecule has 2 N–H and O–H groups in total. The molecule has 4 bridgehead atoms. The highest BCUT2D eigenvalue weighted by Crippen LogP contribution is 2.60. The van der Waals surface area contributed by atoms with Gasteiger partial charge >= 0.3 is 0 Å². The lowest BCUT2D eigenvalue weighted by molar-refractivity contribution is -0.0839. The molecule has 0 saturated heterocycles. The molecule has 0 spiro atoms. The van der Waals surface area contributed by atoms with Gasteiger partial charge in [0.2, 0.25) is 0 Å². The standard InChI is InChI=1S/C17H31NO2/c1-12(2)20-4-3-19-11-16(18)17-8-13-5-14(9-17)7-15(6-13)10-17/h12-16H,3-11,18H2,1-2H3. The van der Waals surface area contributed by atoms with Crippen LogP contribution >= 0.6 is 0 Å². The van der Waals surface area contributed by atoms with Gasteiger partial charge in [-0.2, -0.15) is 0 Å². The lowest BCUT2D eigenvalue weighted by atomic mass is 9.48. The minimum Gasteiger partial charge on any atom is -0.377 e. The first-order chi connectivity index (χ1) is 9.57. The Bertz CT molecular complexity index is 294. The van der Waals surface area contributed by atoms with E-state index in [0.29, 0.717) is 25.2 Å². The topological polar surface area (TPSA) is 44.5 Å². The molecule has 0 aromatic carbocycles. The van der Waals surface area contributed by atoms with Crippen molar-refractivity contribution in [1.82, 2.24) is 0 Å². The van der Waals surface area contributed by atoms with E-state index in [1.165, 1.54) is 38.5 Å². The van der Waals surface area contributed by atoms with Gasteiger partial charge in [-0.25, -0.2) is 0 Å². The molecule has 116 valence electrons. The summed E-state index contributed by atoms with van der Waals surface area (Å²) in [6.07, 6.45) is 8.83. The predicted molar refractivity (Wildman–Crippen MR) is 80.5 cm³/mol. The summed E-state index contributed by atoms with van der Waals surface area (Å²) in [5, 5.41) is 0. The van der Waals surface area contributed by atoms with Crippen LogP contribution in [0, 0.1) is 23.2 Å². The number of hydrogen-bond acceptors (Lipinski definition) is 3. The summed E-state index contributed by atoms with van der Waals surface area (Å²) in [5.41, 5.74) is 6.96. The highest BCUT2D eigenvalue weighted by molar-refractivity contribution is 5.05. The van der Waals surface area contributed by atoms with Gasteiger partial charge in [-0.15, -0.1) is 0 Å². The van der Waals surface area contributed by atoms with E-state index < -0.39 is 0 Å². The lowest BCUT2D eigenvalue weighted by Crippen LogP contribution is -2.56. The molecule has 0 amide bonds. The zero-order valence-electron chi connectivity index (χ0n) is 13.1. The summed E-state index contributed by atoms with van der Waals surface area (Å²) in [7, 11) is 0.